The first-order valence-corrected chi connectivity index (χ1v) is 9.41. The van der Waals surface area contributed by atoms with Gasteiger partial charge >= 0.3 is 12.1 Å². The number of ether oxygens (including phenoxy) is 3. The third kappa shape index (κ3) is 6.87. The molecule has 1 aromatic rings. The summed E-state index contributed by atoms with van der Waals surface area (Å²) < 4.78 is 15.2. The zero-order valence-electron chi connectivity index (χ0n) is 16.7. The number of aliphatic hydroxyl groups is 3. The number of benzene rings is 1. The van der Waals surface area contributed by atoms with E-state index in [-0.39, 0.29) is 6.61 Å². The molecular formula is C19H26N2O10. The van der Waals surface area contributed by atoms with Gasteiger partial charge in [-0.3, -0.25) is 4.79 Å². The van der Waals surface area contributed by atoms with Gasteiger partial charge in [0.1, 0.15) is 37.0 Å². The van der Waals surface area contributed by atoms with Crippen molar-refractivity contribution in [2.24, 2.45) is 0 Å². The maximum atomic E-state index is 12.3. The highest BCUT2D eigenvalue weighted by molar-refractivity contribution is 5.87. The number of alkyl carbamates (subject to hydrolysis) is 1. The summed E-state index contributed by atoms with van der Waals surface area (Å²) in [7, 11) is 1.23. The average Bonchev–Trinajstić information content (AvgIpc) is 2.76. The zero-order chi connectivity index (χ0) is 23.0. The number of carbonyl (C=O) groups is 3. The molecule has 12 nitrogen and oxygen atoms in total. The molecule has 1 aromatic carbocycles. The van der Waals surface area contributed by atoms with Crippen molar-refractivity contribution in [3.05, 3.63) is 35.9 Å². The van der Waals surface area contributed by atoms with Crippen molar-refractivity contribution < 1.29 is 49.0 Å². The van der Waals surface area contributed by atoms with E-state index in [0.29, 0.717) is 5.56 Å². The van der Waals surface area contributed by atoms with E-state index in [4.69, 9.17) is 14.2 Å². The minimum atomic E-state index is -1.61. The second-order valence-corrected chi connectivity index (χ2v) is 6.84. The first kappa shape index (κ1) is 24.5. The van der Waals surface area contributed by atoms with E-state index in [9.17, 15) is 34.8 Å². The van der Waals surface area contributed by atoms with Crippen molar-refractivity contribution in [2.45, 2.75) is 49.7 Å². The summed E-state index contributed by atoms with van der Waals surface area (Å²) in [6.45, 7) is -0.675. The SMILES string of the molecule is CO[C@H]1O[C@@H](CO)[C@H](O)[C@@H](O)[C@@H]1NC(=O)C[C@H](NC(=O)OCc1ccccc1)C(=O)O. The van der Waals surface area contributed by atoms with E-state index in [1.54, 1.807) is 30.3 Å². The van der Waals surface area contributed by atoms with E-state index in [0.717, 1.165) is 0 Å². The molecule has 31 heavy (non-hydrogen) atoms. The third-order valence-corrected chi connectivity index (χ3v) is 4.63. The predicted octanol–water partition coefficient (Wildman–Crippen LogP) is -1.67. The second kappa shape index (κ2) is 11.6. The molecule has 0 bridgehead atoms. The summed E-state index contributed by atoms with van der Waals surface area (Å²) in [6, 6.07) is 5.86. The third-order valence-electron chi connectivity index (χ3n) is 4.63. The molecule has 172 valence electrons. The summed E-state index contributed by atoms with van der Waals surface area (Å²) in [4.78, 5) is 35.7. The standard InChI is InChI=1S/C19H26N2O10/c1-29-18-14(16(25)15(24)12(8-22)31-18)21-13(23)7-11(17(26)27)20-19(28)30-9-10-5-3-2-4-6-10/h2-6,11-12,14-16,18,22,24-25H,7-9H2,1H3,(H,20,28)(H,21,23)(H,26,27)/t11-,12-,14-,15-,16-,18-/m0/s1. The summed E-state index contributed by atoms with van der Waals surface area (Å²) in [6.07, 6.45) is -7.10. The molecule has 1 saturated heterocycles. The van der Waals surface area contributed by atoms with Crippen molar-refractivity contribution in [3.8, 4) is 0 Å². The van der Waals surface area contributed by atoms with Crippen LogP contribution in [0.4, 0.5) is 4.79 Å². The van der Waals surface area contributed by atoms with Crippen molar-refractivity contribution in [1.29, 1.82) is 0 Å². The molecule has 0 unspecified atom stereocenters. The fraction of sp³-hybridized carbons (Fsp3) is 0.526. The van der Waals surface area contributed by atoms with Gasteiger partial charge < -0.3 is 45.3 Å². The number of carbonyl (C=O) groups excluding carboxylic acids is 2. The van der Waals surface area contributed by atoms with Crippen LogP contribution in [0.5, 0.6) is 0 Å². The Balaban J connectivity index is 1.92. The Morgan fingerprint density at radius 3 is 2.42 bits per heavy atom. The Kier molecular flexibility index (Phi) is 9.15. The molecule has 1 heterocycles. The minimum Gasteiger partial charge on any atom is -0.480 e. The number of carboxylic acids is 1. The number of aliphatic hydroxyl groups excluding tert-OH is 3. The van der Waals surface area contributed by atoms with Crippen LogP contribution >= 0.6 is 0 Å². The molecule has 6 atom stereocenters. The van der Waals surface area contributed by atoms with Crippen LogP contribution in [0.1, 0.15) is 12.0 Å². The number of carboxylic acid groups (broad SMARTS) is 1. The second-order valence-electron chi connectivity index (χ2n) is 6.84. The predicted molar refractivity (Wildman–Crippen MR) is 103 cm³/mol. The van der Waals surface area contributed by atoms with Crippen molar-refractivity contribution >= 4 is 18.0 Å². The molecule has 6 N–H and O–H groups in total. The Hall–Kier alpha value is -2.77. The first-order valence-electron chi connectivity index (χ1n) is 9.41. The topological polar surface area (TPSA) is 184 Å². The Morgan fingerprint density at radius 1 is 1.16 bits per heavy atom. The Morgan fingerprint density at radius 2 is 1.84 bits per heavy atom. The van der Waals surface area contributed by atoms with Gasteiger partial charge in [0, 0.05) is 7.11 Å². The van der Waals surface area contributed by atoms with E-state index in [2.05, 4.69) is 10.6 Å². The Labute approximate surface area is 177 Å². The molecule has 0 aromatic heterocycles. The number of hydrogen-bond donors (Lipinski definition) is 6. The molecule has 12 heteroatoms. The minimum absolute atomic E-state index is 0.0871. The number of amides is 2. The molecule has 0 saturated carbocycles. The molecule has 1 aliphatic rings. The van der Waals surface area contributed by atoms with Gasteiger partial charge in [0.25, 0.3) is 0 Å². The van der Waals surface area contributed by atoms with Crippen LogP contribution in [-0.4, -0.2) is 88.8 Å². The molecule has 1 aliphatic heterocycles. The number of aliphatic carboxylic acids is 1. The highest BCUT2D eigenvalue weighted by Gasteiger charge is 2.45. The van der Waals surface area contributed by atoms with E-state index in [1.807, 2.05) is 0 Å². The van der Waals surface area contributed by atoms with Crippen LogP contribution in [0, 0.1) is 0 Å². The number of hydrogen-bond acceptors (Lipinski definition) is 9. The monoisotopic (exact) mass is 442 g/mol. The lowest BCUT2D eigenvalue weighted by molar-refractivity contribution is -0.262. The van der Waals surface area contributed by atoms with Gasteiger partial charge in [-0.2, -0.15) is 0 Å². The molecule has 0 spiro atoms. The number of methoxy groups -OCH3 is 1. The quantitative estimate of drug-likeness (QED) is 0.258. The molecule has 2 rings (SSSR count). The molecule has 0 radical (unpaired) electrons. The van der Waals surface area contributed by atoms with E-state index < -0.39 is 67.7 Å². The van der Waals surface area contributed by atoms with Gasteiger partial charge in [-0.25, -0.2) is 9.59 Å². The fourth-order valence-electron chi connectivity index (χ4n) is 2.97. The molecule has 2 amide bonds. The summed E-state index contributed by atoms with van der Waals surface area (Å²) in [5, 5.41) is 43.1. The van der Waals surface area contributed by atoms with Crippen molar-refractivity contribution in [3.63, 3.8) is 0 Å². The lowest BCUT2D eigenvalue weighted by Crippen LogP contribution is -2.64. The van der Waals surface area contributed by atoms with Crippen molar-refractivity contribution in [2.75, 3.05) is 13.7 Å². The van der Waals surface area contributed by atoms with Gasteiger partial charge in [-0.05, 0) is 5.56 Å². The van der Waals surface area contributed by atoms with Gasteiger partial charge in [-0.15, -0.1) is 0 Å². The largest absolute Gasteiger partial charge is 0.480 e. The lowest BCUT2D eigenvalue weighted by atomic mass is 9.96. The van der Waals surface area contributed by atoms with E-state index in [1.165, 1.54) is 7.11 Å². The van der Waals surface area contributed by atoms with Gasteiger partial charge in [0.05, 0.1) is 13.0 Å². The highest BCUT2D eigenvalue weighted by Crippen LogP contribution is 2.21. The number of rotatable bonds is 9. The van der Waals surface area contributed by atoms with Crippen LogP contribution < -0.4 is 10.6 Å². The summed E-state index contributed by atoms with van der Waals surface area (Å²) >= 11 is 0. The van der Waals surface area contributed by atoms with Crippen molar-refractivity contribution in [1.82, 2.24) is 10.6 Å². The summed E-state index contributed by atoms with van der Waals surface area (Å²) in [5.41, 5.74) is 0.693. The van der Waals surface area contributed by atoms with Crippen LogP contribution in [0.15, 0.2) is 30.3 Å². The fourth-order valence-corrected chi connectivity index (χ4v) is 2.97. The van der Waals surface area contributed by atoms with Crippen LogP contribution in [0.25, 0.3) is 0 Å². The van der Waals surface area contributed by atoms with Gasteiger partial charge in [-0.1, -0.05) is 30.3 Å². The smallest absolute Gasteiger partial charge is 0.408 e. The molecule has 1 fully saturated rings. The molecule has 0 aliphatic carbocycles. The Bertz CT molecular complexity index is 744. The maximum absolute atomic E-state index is 12.3. The van der Waals surface area contributed by atoms with Gasteiger partial charge in [0.15, 0.2) is 6.29 Å². The number of nitrogens with one attached hydrogen (secondary N) is 2. The first-order chi connectivity index (χ1) is 14.8. The van der Waals surface area contributed by atoms with Crippen LogP contribution in [-0.2, 0) is 30.4 Å². The van der Waals surface area contributed by atoms with Crippen LogP contribution in [0.3, 0.4) is 0 Å². The van der Waals surface area contributed by atoms with Gasteiger partial charge in [0.2, 0.25) is 5.91 Å². The van der Waals surface area contributed by atoms with Crippen LogP contribution in [0.2, 0.25) is 0 Å². The average molecular weight is 442 g/mol. The highest BCUT2D eigenvalue weighted by atomic mass is 16.7. The maximum Gasteiger partial charge on any atom is 0.408 e. The summed E-state index contributed by atoms with van der Waals surface area (Å²) in [5.74, 6) is -2.34. The lowest BCUT2D eigenvalue weighted by Gasteiger charge is -2.41. The normalized spacial score (nSPS) is 26.5. The zero-order valence-corrected chi connectivity index (χ0v) is 16.7. The van der Waals surface area contributed by atoms with E-state index >= 15 is 0 Å². The molecular weight excluding hydrogens is 416 g/mol.